The molecular weight excluding hydrogens is 276 g/mol. The molecule has 3 nitrogen and oxygen atoms in total. The van der Waals surface area contributed by atoms with Crippen molar-refractivity contribution in [2.75, 3.05) is 6.61 Å². The highest BCUT2D eigenvalue weighted by atomic mass is 16.5. The van der Waals surface area contributed by atoms with Gasteiger partial charge < -0.3 is 14.3 Å². The van der Waals surface area contributed by atoms with Crippen LogP contribution in [0.5, 0.6) is 5.75 Å². The molecule has 3 rings (SSSR count). The van der Waals surface area contributed by atoms with Crippen LogP contribution in [0.3, 0.4) is 0 Å². The predicted octanol–water partition coefficient (Wildman–Crippen LogP) is 3.24. The first-order valence-electron chi connectivity index (χ1n) is 7.54. The van der Waals surface area contributed by atoms with Crippen LogP contribution < -0.4 is 4.74 Å². The average molecular weight is 294 g/mol. The number of carbonyl (C=O) groups excluding carboxylic acids is 2. The average Bonchev–Trinajstić information content (AvgIpc) is 2.97. The molecule has 1 atom stereocenters. The molecule has 0 saturated heterocycles. The Morgan fingerprint density at radius 1 is 1.00 bits per heavy atom. The van der Waals surface area contributed by atoms with E-state index in [0.717, 1.165) is 42.3 Å². The minimum absolute atomic E-state index is 0.128. The molecule has 0 fully saturated rings. The maximum Gasteiger partial charge on any atom is 0.123 e. The Kier molecular flexibility index (Phi) is 4.33. The van der Waals surface area contributed by atoms with E-state index in [0.29, 0.717) is 13.0 Å². The maximum atomic E-state index is 11.0. The second kappa shape index (κ2) is 6.56. The lowest BCUT2D eigenvalue weighted by molar-refractivity contribution is -0.111. The zero-order valence-corrected chi connectivity index (χ0v) is 12.3. The number of hydrogen-bond acceptors (Lipinski definition) is 3. The summed E-state index contributed by atoms with van der Waals surface area (Å²) in [6, 6.07) is 14.3. The highest BCUT2D eigenvalue weighted by Gasteiger charge is 2.21. The van der Waals surface area contributed by atoms with Crippen LogP contribution in [0.1, 0.15) is 17.5 Å². The van der Waals surface area contributed by atoms with E-state index in [-0.39, 0.29) is 5.92 Å². The van der Waals surface area contributed by atoms with Gasteiger partial charge >= 0.3 is 0 Å². The minimum Gasteiger partial charge on any atom is -0.493 e. The van der Waals surface area contributed by atoms with Crippen molar-refractivity contribution in [3.8, 4) is 16.9 Å². The molecule has 0 N–H and O–H groups in total. The van der Waals surface area contributed by atoms with Crippen molar-refractivity contribution in [3.63, 3.8) is 0 Å². The smallest absolute Gasteiger partial charge is 0.123 e. The summed E-state index contributed by atoms with van der Waals surface area (Å²) in [7, 11) is 0. The van der Waals surface area contributed by atoms with Crippen LogP contribution in [-0.4, -0.2) is 19.2 Å². The van der Waals surface area contributed by atoms with Gasteiger partial charge in [0.2, 0.25) is 0 Å². The summed E-state index contributed by atoms with van der Waals surface area (Å²) >= 11 is 0. The lowest BCUT2D eigenvalue weighted by Crippen LogP contribution is -1.99. The van der Waals surface area contributed by atoms with Crippen molar-refractivity contribution in [2.24, 2.45) is 5.92 Å². The molecule has 2 aromatic carbocycles. The zero-order valence-electron chi connectivity index (χ0n) is 12.3. The summed E-state index contributed by atoms with van der Waals surface area (Å²) in [4.78, 5) is 21.3. The monoisotopic (exact) mass is 294 g/mol. The Morgan fingerprint density at radius 2 is 1.82 bits per heavy atom. The van der Waals surface area contributed by atoms with Gasteiger partial charge in [-0.2, -0.15) is 0 Å². The van der Waals surface area contributed by atoms with Gasteiger partial charge in [0.05, 0.1) is 6.61 Å². The van der Waals surface area contributed by atoms with Gasteiger partial charge in [-0.25, -0.2) is 0 Å². The molecule has 22 heavy (non-hydrogen) atoms. The molecule has 1 aliphatic carbocycles. The highest BCUT2D eigenvalue weighted by molar-refractivity contribution is 5.68. The van der Waals surface area contributed by atoms with E-state index in [9.17, 15) is 9.59 Å². The highest BCUT2D eigenvalue weighted by Crippen LogP contribution is 2.31. The van der Waals surface area contributed by atoms with Gasteiger partial charge in [-0.15, -0.1) is 0 Å². The molecule has 0 amide bonds. The Balaban J connectivity index is 1.81. The summed E-state index contributed by atoms with van der Waals surface area (Å²) in [6.45, 7) is 0.401. The molecule has 0 aliphatic heterocycles. The molecular formula is C19H18O3. The van der Waals surface area contributed by atoms with Crippen LogP contribution in [-0.2, 0) is 22.4 Å². The molecule has 0 aromatic heterocycles. The Labute approximate surface area is 129 Å². The first-order chi connectivity index (χ1) is 10.8. The SMILES string of the molecule is O=CCCOc1cccc(-c2ccc3c(c2)CC(C=O)C3)c1. The molecule has 0 radical (unpaired) electrons. The first kappa shape index (κ1) is 14.5. The van der Waals surface area contributed by atoms with Crippen molar-refractivity contribution < 1.29 is 14.3 Å². The third-order valence-corrected chi connectivity index (χ3v) is 4.03. The normalized spacial score (nSPS) is 16.1. The van der Waals surface area contributed by atoms with E-state index in [1.54, 1.807) is 0 Å². The Morgan fingerprint density at radius 3 is 2.64 bits per heavy atom. The van der Waals surface area contributed by atoms with Crippen LogP contribution in [0.25, 0.3) is 11.1 Å². The van der Waals surface area contributed by atoms with Crippen LogP contribution >= 0.6 is 0 Å². The van der Waals surface area contributed by atoms with Crippen LogP contribution in [0.2, 0.25) is 0 Å². The quantitative estimate of drug-likeness (QED) is 0.607. The third kappa shape index (κ3) is 3.08. The molecule has 0 spiro atoms. The summed E-state index contributed by atoms with van der Waals surface area (Å²) in [5, 5.41) is 0. The van der Waals surface area contributed by atoms with Crippen LogP contribution in [0, 0.1) is 5.92 Å². The summed E-state index contributed by atoms with van der Waals surface area (Å²) in [5.41, 5.74) is 4.76. The van der Waals surface area contributed by atoms with Crippen molar-refractivity contribution >= 4 is 12.6 Å². The van der Waals surface area contributed by atoms with E-state index < -0.39 is 0 Å². The van der Waals surface area contributed by atoms with Gasteiger partial charge in [-0.05, 0) is 47.2 Å². The minimum atomic E-state index is 0.128. The molecule has 3 heteroatoms. The van der Waals surface area contributed by atoms with Crippen LogP contribution in [0.15, 0.2) is 42.5 Å². The number of hydrogen-bond donors (Lipinski definition) is 0. The van der Waals surface area contributed by atoms with E-state index in [2.05, 4.69) is 18.2 Å². The van der Waals surface area contributed by atoms with Crippen molar-refractivity contribution in [1.29, 1.82) is 0 Å². The largest absolute Gasteiger partial charge is 0.493 e. The third-order valence-electron chi connectivity index (χ3n) is 4.03. The Bertz CT molecular complexity index is 691. The summed E-state index contributed by atoms with van der Waals surface area (Å²) < 4.78 is 5.56. The van der Waals surface area contributed by atoms with Gasteiger partial charge in [0.1, 0.15) is 18.3 Å². The number of benzene rings is 2. The van der Waals surface area contributed by atoms with Gasteiger partial charge in [0.15, 0.2) is 0 Å². The molecule has 0 heterocycles. The fourth-order valence-electron chi connectivity index (χ4n) is 2.92. The topological polar surface area (TPSA) is 43.4 Å². The molecule has 112 valence electrons. The summed E-state index contributed by atoms with van der Waals surface area (Å²) in [5.74, 6) is 0.897. The fraction of sp³-hybridized carbons (Fsp3) is 0.263. The Hall–Kier alpha value is -2.42. The molecule has 1 aliphatic rings. The van der Waals surface area contributed by atoms with Gasteiger partial charge in [-0.1, -0.05) is 30.3 Å². The fourth-order valence-corrected chi connectivity index (χ4v) is 2.92. The first-order valence-corrected chi connectivity index (χ1v) is 7.54. The van der Waals surface area contributed by atoms with Crippen LogP contribution in [0.4, 0.5) is 0 Å². The van der Waals surface area contributed by atoms with Crippen molar-refractivity contribution in [3.05, 3.63) is 53.6 Å². The van der Waals surface area contributed by atoms with E-state index >= 15 is 0 Å². The molecule has 0 saturated carbocycles. The molecule has 0 bridgehead atoms. The lowest BCUT2D eigenvalue weighted by Gasteiger charge is -2.08. The van der Waals surface area contributed by atoms with E-state index in [1.807, 2.05) is 24.3 Å². The predicted molar refractivity (Wildman–Crippen MR) is 85.0 cm³/mol. The van der Waals surface area contributed by atoms with E-state index in [4.69, 9.17) is 4.74 Å². The maximum absolute atomic E-state index is 11.0. The number of ether oxygens (including phenoxy) is 1. The number of rotatable bonds is 6. The molecule has 1 unspecified atom stereocenters. The zero-order chi connectivity index (χ0) is 15.4. The van der Waals surface area contributed by atoms with Crippen molar-refractivity contribution in [1.82, 2.24) is 0 Å². The number of carbonyl (C=O) groups is 2. The second-order valence-electron chi connectivity index (χ2n) is 5.62. The van der Waals surface area contributed by atoms with Gasteiger partial charge in [0.25, 0.3) is 0 Å². The second-order valence-corrected chi connectivity index (χ2v) is 5.62. The van der Waals surface area contributed by atoms with E-state index in [1.165, 1.54) is 11.1 Å². The van der Waals surface area contributed by atoms with Crippen molar-refractivity contribution in [2.45, 2.75) is 19.3 Å². The van der Waals surface area contributed by atoms with Gasteiger partial charge in [-0.3, -0.25) is 0 Å². The number of fused-ring (bicyclic) bond motifs is 1. The summed E-state index contributed by atoms with van der Waals surface area (Å²) in [6.07, 6.45) is 4.00. The molecule has 2 aromatic rings. The standard InChI is InChI=1S/C19H18O3/c20-7-2-8-22-19-4-1-3-15(12-19)17-6-5-16-9-14(13-21)10-18(16)11-17/h1,3-7,11-14H,2,8-10H2. The lowest BCUT2D eigenvalue weighted by atomic mass is 10.0. The number of aldehydes is 2. The van der Waals surface area contributed by atoms with Gasteiger partial charge in [0, 0.05) is 12.3 Å².